The van der Waals surface area contributed by atoms with E-state index in [0.29, 0.717) is 13.2 Å². The fourth-order valence-corrected chi connectivity index (χ4v) is 2.19. The molecule has 2 unspecified atom stereocenters. The molecule has 120 valence electrons. The first-order chi connectivity index (χ1) is 9.88. The second kappa shape index (κ2) is 8.36. The van der Waals surface area contributed by atoms with E-state index in [4.69, 9.17) is 10.5 Å². The van der Waals surface area contributed by atoms with Gasteiger partial charge in [0.25, 0.3) is 0 Å². The van der Waals surface area contributed by atoms with Gasteiger partial charge in [0.1, 0.15) is 0 Å². The van der Waals surface area contributed by atoms with Crippen molar-refractivity contribution in [2.45, 2.75) is 38.0 Å². The Balaban J connectivity index is 2.66. The van der Waals surface area contributed by atoms with Crippen molar-refractivity contribution in [3.8, 4) is 0 Å². The van der Waals surface area contributed by atoms with Crippen LogP contribution >= 0.6 is 0 Å². The Labute approximate surface area is 123 Å². The Morgan fingerprint density at radius 1 is 1.24 bits per heavy atom. The predicted molar refractivity (Wildman–Crippen MR) is 76.9 cm³/mol. The summed E-state index contributed by atoms with van der Waals surface area (Å²) in [6.07, 6.45) is -2.55. The van der Waals surface area contributed by atoms with Crippen LogP contribution in [0.5, 0.6) is 0 Å². The van der Waals surface area contributed by atoms with Gasteiger partial charge in [-0.15, -0.1) is 0 Å². The molecule has 1 rings (SSSR count). The largest absolute Gasteiger partial charge is 0.416 e. The fraction of sp³-hybridized carbons (Fsp3) is 0.600. The van der Waals surface area contributed by atoms with Crippen LogP contribution < -0.4 is 11.1 Å². The van der Waals surface area contributed by atoms with Crippen molar-refractivity contribution in [1.82, 2.24) is 5.32 Å². The zero-order valence-corrected chi connectivity index (χ0v) is 12.4. The van der Waals surface area contributed by atoms with Crippen LogP contribution in [0, 0.1) is 0 Å². The number of benzene rings is 1. The summed E-state index contributed by atoms with van der Waals surface area (Å²) < 4.78 is 42.7. The molecule has 1 aromatic rings. The topological polar surface area (TPSA) is 47.3 Å². The Bertz CT molecular complexity index is 406. The molecule has 0 amide bonds. The average Bonchev–Trinajstić information content (AvgIpc) is 2.44. The van der Waals surface area contributed by atoms with Gasteiger partial charge in [-0.2, -0.15) is 13.2 Å². The Morgan fingerprint density at radius 3 is 2.33 bits per heavy atom. The number of hydrogen-bond acceptors (Lipinski definition) is 3. The van der Waals surface area contributed by atoms with Crippen molar-refractivity contribution in [1.29, 1.82) is 0 Å². The second-order valence-electron chi connectivity index (χ2n) is 5.09. The third-order valence-corrected chi connectivity index (χ3v) is 3.35. The number of methoxy groups -OCH3 is 1. The van der Waals surface area contributed by atoms with E-state index in [-0.39, 0.29) is 12.1 Å². The number of hydrogen-bond donors (Lipinski definition) is 2. The van der Waals surface area contributed by atoms with Crippen molar-refractivity contribution >= 4 is 0 Å². The van der Waals surface area contributed by atoms with E-state index in [1.54, 1.807) is 7.11 Å². The van der Waals surface area contributed by atoms with Crippen LogP contribution in [0.25, 0.3) is 0 Å². The van der Waals surface area contributed by atoms with Crippen LogP contribution in [0.4, 0.5) is 13.2 Å². The van der Waals surface area contributed by atoms with Crippen LogP contribution in [0.1, 0.15) is 36.9 Å². The van der Waals surface area contributed by atoms with E-state index in [2.05, 4.69) is 5.32 Å². The number of ether oxygens (including phenoxy) is 1. The number of alkyl halides is 3. The normalized spacial score (nSPS) is 15.0. The van der Waals surface area contributed by atoms with Gasteiger partial charge in [0.15, 0.2) is 0 Å². The molecule has 0 aliphatic carbocycles. The van der Waals surface area contributed by atoms with E-state index in [1.807, 2.05) is 6.92 Å². The molecule has 2 atom stereocenters. The van der Waals surface area contributed by atoms with Gasteiger partial charge < -0.3 is 15.8 Å². The minimum absolute atomic E-state index is 0.0507. The summed E-state index contributed by atoms with van der Waals surface area (Å²) in [6.45, 7) is 3.08. The molecule has 6 heteroatoms. The summed E-state index contributed by atoms with van der Waals surface area (Å²) in [5, 5.41) is 3.37. The Kier molecular flexibility index (Phi) is 7.14. The lowest BCUT2D eigenvalue weighted by Gasteiger charge is -2.23. The molecule has 0 fully saturated rings. The van der Waals surface area contributed by atoms with Gasteiger partial charge in [-0.3, -0.25) is 0 Å². The second-order valence-corrected chi connectivity index (χ2v) is 5.09. The molecule has 0 bridgehead atoms. The van der Waals surface area contributed by atoms with Gasteiger partial charge >= 0.3 is 6.18 Å². The minimum atomic E-state index is -4.30. The van der Waals surface area contributed by atoms with Crippen LogP contribution in [0.2, 0.25) is 0 Å². The third kappa shape index (κ3) is 6.03. The third-order valence-electron chi connectivity index (χ3n) is 3.35. The monoisotopic (exact) mass is 304 g/mol. The molecule has 0 heterocycles. The van der Waals surface area contributed by atoms with Gasteiger partial charge in [-0.05, 0) is 44.0 Å². The SMILES string of the molecule is COCC(CCCN)NC(C)c1ccc(C(F)(F)F)cc1. The van der Waals surface area contributed by atoms with E-state index in [9.17, 15) is 13.2 Å². The predicted octanol–water partition coefficient (Wildman–Crippen LogP) is 3.11. The lowest BCUT2D eigenvalue weighted by molar-refractivity contribution is -0.137. The van der Waals surface area contributed by atoms with Crippen LogP contribution in [0.15, 0.2) is 24.3 Å². The molecule has 0 aliphatic heterocycles. The smallest absolute Gasteiger partial charge is 0.383 e. The average molecular weight is 304 g/mol. The first-order valence-electron chi connectivity index (χ1n) is 7.00. The molecule has 21 heavy (non-hydrogen) atoms. The highest BCUT2D eigenvalue weighted by Crippen LogP contribution is 2.29. The molecular formula is C15H23F3N2O. The number of halogens is 3. The Hall–Kier alpha value is -1.11. The first-order valence-corrected chi connectivity index (χ1v) is 7.00. The standard InChI is InChI=1S/C15H23F3N2O/c1-11(20-14(10-21-2)4-3-9-19)12-5-7-13(8-6-12)15(16,17)18/h5-8,11,14,20H,3-4,9-10,19H2,1-2H3. The zero-order valence-electron chi connectivity index (χ0n) is 12.4. The summed E-state index contributed by atoms with van der Waals surface area (Å²) in [7, 11) is 1.62. The molecule has 0 aliphatic rings. The van der Waals surface area contributed by atoms with Crippen molar-refractivity contribution in [3.63, 3.8) is 0 Å². The summed E-state index contributed by atoms with van der Waals surface area (Å²) in [5.41, 5.74) is 5.68. The van der Waals surface area contributed by atoms with Gasteiger partial charge in [-0.1, -0.05) is 12.1 Å². The van der Waals surface area contributed by atoms with Gasteiger partial charge in [0, 0.05) is 19.2 Å². The lowest BCUT2D eigenvalue weighted by atomic mass is 10.0. The summed E-state index contributed by atoms with van der Waals surface area (Å²) in [4.78, 5) is 0. The Morgan fingerprint density at radius 2 is 1.86 bits per heavy atom. The first kappa shape index (κ1) is 17.9. The summed E-state index contributed by atoms with van der Waals surface area (Å²) in [5.74, 6) is 0. The maximum atomic E-state index is 12.5. The van der Waals surface area contributed by atoms with Gasteiger partial charge in [0.05, 0.1) is 12.2 Å². The zero-order chi connectivity index (χ0) is 15.9. The molecule has 0 radical (unpaired) electrons. The summed E-state index contributed by atoms with van der Waals surface area (Å²) >= 11 is 0. The summed E-state index contributed by atoms with van der Waals surface area (Å²) in [6, 6.07) is 5.32. The maximum Gasteiger partial charge on any atom is 0.416 e. The van der Waals surface area contributed by atoms with Crippen LogP contribution in [-0.2, 0) is 10.9 Å². The molecule has 1 aromatic carbocycles. The molecule has 0 aromatic heterocycles. The number of rotatable bonds is 8. The fourth-order valence-electron chi connectivity index (χ4n) is 2.19. The van der Waals surface area contributed by atoms with E-state index >= 15 is 0 Å². The van der Waals surface area contributed by atoms with E-state index in [0.717, 1.165) is 30.5 Å². The molecule has 3 N–H and O–H groups in total. The number of nitrogens with two attached hydrogens (primary N) is 1. The van der Waals surface area contributed by atoms with Crippen molar-refractivity contribution in [2.75, 3.05) is 20.3 Å². The number of nitrogens with one attached hydrogen (secondary N) is 1. The maximum absolute atomic E-state index is 12.5. The molecule has 0 spiro atoms. The van der Waals surface area contributed by atoms with Crippen molar-refractivity contribution < 1.29 is 17.9 Å². The van der Waals surface area contributed by atoms with Crippen LogP contribution in [-0.4, -0.2) is 26.3 Å². The highest BCUT2D eigenvalue weighted by molar-refractivity contribution is 5.26. The highest BCUT2D eigenvalue weighted by Gasteiger charge is 2.30. The van der Waals surface area contributed by atoms with Crippen molar-refractivity contribution in [2.24, 2.45) is 5.73 Å². The van der Waals surface area contributed by atoms with Crippen LogP contribution in [0.3, 0.4) is 0 Å². The van der Waals surface area contributed by atoms with E-state index in [1.165, 1.54) is 12.1 Å². The highest BCUT2D eigenvalue weighted by atomic mass is 19.4. The molecule has 0 saturated carbocycles. The molecule has 0 saturated heterocycles. The van der Waals surface area contributed by atoms with E-state index < -0.39 is 11.7 Å². The molecular weight excluding hydrogens is 281 g/mol. The van der Waals surface area contributed by atoms with Gasteiger partial charge in [0.2, 0.25) is 0 Å². The van der Waals surface area contributed by atoms with Crippen molar-refractivity contribution in [3.05, 3.63) is 35.4 Å². The minimum Gasteiger partial charge on any atom is -0.383 e. The lowest BCUT2D eigenvalue weighted by Crippen LogP contribution is -2.35. The van der Waals surface area contributed by atoms with Gasteiger partial charge in [-0.25, -0.2) is 0 Å². The molecule has 3 nitrogen and oxygen atoms in total. The quantitative estimate of drug-likeness (QED) is 0.776.